The molecule has 0 aliphatic heterocycles. The Bertz CT molecular complexity index is 779. The van der Waals surface area contributed by atoms with E-state index in [-0.39, 0.29) is 0 Å². The van der Waals surface area contributed by atoms with Crippen LogP contribution < -0.4 is 0 Å². The van der Waals surface area contributed by atoms with Gasteiger partial charge in [0, 0.05) is 22.4 Å². The molecule has 0 saturated heterocycles. The highest BCUT2D eigenvalue weighted by Gasteiger charge is 2.09. The van der Waals surface area contributed by atoms with E-state index in [9.17, 15) is 0 Å². The smallest absolute Gasteiger partial charge is 0.0811 e. The Balaban J connectivity index is 2.48. The highest BCUT2D eigenvalue weighted by atomic mass is 32.1. The summed E-state index contributed by atoms with van der Waals surface area (Å²) >= 11 is 1.54. The fourth-order valence-corrected chi connectivity index (χ4v) is 3.14. The van der Waals surface area contributed by atoms with E-state index in [4.69, 9.17) is 0 Å². The van der Waals surface area contributed by atoms with Crippen LogP contribution in [0.25, 0.3) is 31.8 Å². The zero-order chi connectivity index (χ0) is 11.2. The highest BCUT2D eigenvalue weighted by molar-refractivity contribution is 7.14. The van der Waals surface area contributed by atoms with Crippen molar-refractivity contribution in [2.75, 3.05) is 0 Å². The summed E-state index contributed by atoms with van der Waals surface area (Å²) in [6.45, 7) is 0. The van der Waals surface area contributed by atoms with Crippen LogP contribution in [0.4, 0.5) is 0 Å². The SMILES string of the molecule is c1ccc2c(c1)c1cccnc1c1cnsc21. The van der Waals surface area contributed by atoms with Gasteiger partial charge in [0.15, 0.2) is 0 Å². The van der Waals surface area contributed by atoms with Crippen LogP contribution in [0.1, 0.15) is 0 Å². The summed E-state index contributed by atoms with van der Waals surface area (Å²) in [6.07, 6.45) is 3.76. The number of pyridine rings is 1. The summed E-state index contributed by atoms with van der Waals surface area (Å²) in [4.78, 5) is 4.50. The van der Waals surface area contributed by atoms with Gasteiger partial charge in [0.05, 0.1) is 16.4 Å². The first-order valence-corrected chi connectivity index (χ1v) is 6.22. The molecule has 0 aliphatic rings. The minimum Gasteiger partial charge on any atom is -0.255 e. The minimum absolute atomic E-state index is 1.05. The first kappa shape index (κ1) is 9.07. The third-order valence-electron chi connectivity index (χ3n) is 3.10. The van der Waals surface area contributed by atoms with Gasteiger partial charge in [-0.05, 0) is 23.0 Å². The lowest BCUT2D eigenvalue weighted by atomic mass is 10.0. The predicted molar refractivity (Wildman–Crippen MR) is 72.4 cm³/mol. The maximum atomic E-state index is 4.50. The van der Waals surface area contributed by atoms with Crippen molar-refractivity contribution in [3.8, 4) is 0 Å². The van der Waals surface area contributed by atoms with Gasteiger partial charge in [0.2, 0.25) is 0 Å². The van der Waals surface area contributed by atoms with Crippen molar-refractivity contribution in [1.82, 2.24) is 9.36 Å². The van der Waals surface area contributed by atoms with Crippen LogP contribution in [-0.4, -0.2) is 9.36 Å². The second-order valence-electron chi connectivity index (χ2n) is 4.01. The van der Waals surface area contributed by atoms with E-state index < -0.39 is 0 Å². The average Bonchev–Trinajstić information content (AvgIpc) is 2.89. The Labute approximate surface area is 102 Å². The quantitative estimate of drug-likeness (QED) is 0.431. The molecule has 0 spiro atoms. The molecule has 0 saturated carbocycles. The van der Waals surface area contributed by atoms with E-state index in [1.165, 1.54) is 20.9 Å². The van der Waals surface area contributed by atoms with Crippen LogP contribution >= 0.6 is 11.5 Å². The van der Waals surface area contributed by atoms with Gasteiger partial charge < -0.3 is 0 Å². The predicted octanol–water partition coefficient (Wildman–Crippen LogP) is 4.00. The molecule has 0 aliphatic carbocycles. The maximum absolute atomic E-state index is 4.50. The van der Waals surface area contributed by atoms with Gasteiger partial charge in [0.1, 0.15) is 0 Å². The first-order chi connectivity index (χ1) is 8.45. The van der Waals surface area contributed by atoms with Crippen molar-refractivity contribution in [3.05, 3.63) is 48.8 Å². The van der Waals surface area contributed by atoms with Gasteiger partial charge in [-0.25, -0.2) is 0 Å². The first-order valence-electron chi connectivity index (χ1n) is 5.45. The van der Waals surface area contributed by atoms with Crippen LogP contribution in [0, 0.1) is 0 Å². The van der Waals surface area contributed by atoms with E-state index in [1.54, 1.807) is 11.5 Å². The zero-order valence-electron chi connectivity index (χ0n) is 8.92. The number of hydrogen-bond acceptors (Lipinski definition) is 3. The fourth-order valence-electron chi connectivity index (χ4n) is 2.36. The molecule has 0 N–H and O–H groups in total. The van der Waals surface area contributed by atoms with E-state index in [0.29, 0.717) is 0 Å². The summed E-state index contributed by atoms with van der Waals surface area (Å²) < 4.78 is 5.53. The second kappa shape index (κ2) is 3.25. The van der Waals surface area contributed by atoms with Gasteiger partial charge in [-0.2, -0.15) is 4.37 Å². The molecule has 2 nitrogen and oxygen atoms in total. The van der Waals surface area contributed by atoms with E-state index in [1.807, 2.05) is 18.5 Å². The van der Waals surface area contributed by atoms with Crippen LogP contribution in [-0.2, 0) is 0 Å². The number of rotatable bonds is 0. The monoisotopic (exact) mass is 236 g/mol. The molecular weight excluding hydrogens is 228 g/mol. The molecule has 4 rings (SSSR count). The van der Waals surface area contributed by atoms with Crippen molar-refractivity contribution >= 4 is 43.3 Å². The third-order valence-corrected chi connectivity index (χ3v) is 3.93. The number of nitrogens with zero attached hydrogens (tertiary/aromatic N) is 2. The lowest BCUT2D eigenvalue weighted by molar-refractivity contribution is 1.43. The Morgan fingerprint density at radius 1 is 0.824 bits per heavy atom. The van der Waals surface area contributed by atoms with Gasteiger partial charge in [-0.1, -0.05) is 30.3 Å². The van der Waals surface area contributed by atoms with Crippen molar-refractivity contribution in [3.63, 3.8) is 0 Å². The van der Waals surface area contributed by atoms with Crippen molar-refractivity contribution < 1.29 is 0 Å². The second-order valence-corrected chi connectivity index (χ2v) is 4.82. The lowest BCUT2D eigenvalue weighted by Gasteiger charge is -2.04. The lowest BCUT2D eigenvalue weighted by Crippen LogP contribution is -1.81. The zero-order valence-corrected chi connectivity index (χ0v) is 9.74. The topological polar surface area (TPSA) is 25.8 Å². The molecule has 3 heteroatoms. The van der Waals surface area contributed by atoms with E-state index >= 15 is 0 Å². The van der Waals surface area contributed by atoms with Gasteiger partial charge in [-0.3, -0.25) is 4.98 Å². The maximum Gasteiger partial charge on any atom is 0.0811 e. The largest absolute Gasteiger partial charge is 0.255 e. The van der Waals surface area contributed by atoms with Crippen LogP contribution in [0.2, 0.25) is 0 Å². The number of benzene rings is 2. The molecule has 0 unspecified atom stereocenters. The molecule has 2 aromatic carbocycles. The molecule has 0 atom stereocenters. The van der Waals surface area contributed by atoms with Crippen LogP contribution in [0.5, 0.6) is 0 Å². The van der Waals surface area contributed by atoms with Crippen LogP contribution in [0.15, 0.2) is 48.8 Å². The summed E-state index contributed by atoms with van der Waals surface area (Å²) in [7, 11) is 0. The molecule has 4 aromatic rings. The molecule has 2 heterocycles. The fraction of sp³-hybridized carbons (Fsp3) is 0. The molecule has 2 aromatic heterocycles. The molecule has 17 heavy (non-hydrogen) atoms. The normalized spacial score (nSPS) is 11.5. The Hall–Kier alpha value is -2.00. The molecular formula is C14H8N2S. The number of fused-ring (bicyclic) bond motifs is 6. The number of hydrogen-bond donors (Lipinski definition) is 0. The van der Waals surface area contributed by atoms with Crippen molar-refractivity contribution in [1.29, 1.82) is 0 Å². The Morgan fingerprint density at radius 2 is 1.65 bits per heavy atom. The van der Waals surface area contributed by atoms with E-state index in [0.717, 1.165) is 10.9 Å². The van der Waals surface area contributed by atoms with Crippen molar-refractivity contribution in [2.24, 2.45) is 0 Å². The number of aromatic nitrogens is 2. The van der Waals surface area contributed by atoms with Crippen LogP contribution in [0.3, 0.4) is 0 Å². The molecule has 80 valence electrons. The molecule has 0 amide bonds. The third kappa shape index (κ3) is 1.14. The molecule has 0 fully saturated rings. The minimum atomic E-state index is 1.05. The molecule has 0 bridgehead atoms. The molecule has 0 radical (unpaired) electrons. The van der Waals surface area contributed by atoms with Gasteiger partial charge in [0.25, 0.3) is 0 Å². The average molecular weight is 236 g/mol. The summed E-state index contributed by atoms with van der Waals surface area (Å²) in [5, 5.41) is 4.89. The van der Waals surface area contributed by atoms with E-state index in [2.05, 4.69) is 39.7 Å². The Kier molecular flexibility index (Phi) is 1.73. The highest BCUT2D eigenvalue weighted by Crippen LogP contribution is 2.35. The van der Waals surface area contributed by atoms with Gasteiger partial charge in [-0.15, -0.1) is 0 Å². The van der Waals surface area contributed by atoms with Crippen molar-refractivity contribution in [2.45, 2.75) is 0 Å². The Morgan fingerprint density at radius 3 is 2.59 bits per heavy atom. The summed E-state index contributed by atoms with van der Waals surface area (Å²) in [5.74, 6) is 0. The standard InChI is InChI=1S/C14H8N2S/c1-2-5-11-9(4-1)10-6-3-7-15-13(10)12-8-16-17-14(11)12/h1-8H. The summed E-state index contributed by atoms with van der Waals surface area (Å²) in [5.41, 5.74) is 1.05. The summed E-state index contributed by atoms with van der Waals surface area (Å²) in [6, 6.07) is 12.6. The van der Waals surface area contributed by atoms with Gasteiger partial charge >= 0.3 is 0 Å².